The molecule has 0 saturated carbocycles. The molecule has 0 radical (unpaired) electrons. The number of carboxylic acids is 1. The van der Waals surface area contributed by atoms with Crippen LogP contribution in [0.2, 0.25) is 0 Å². The van der Waals surface area contributed by atoms with Crippen molar-refractivity contribution in [3.8, 4) is 5.75 Å². The number of carboxylic acid groups (broad SMARTS) is 1. The van der Waals surface area contributed by atoms with Gasteiger partial charge in [0, 0.05) is 6.07 Å². The Kier molecular flexibility index (Phi) is 4.17. The highest BCUT2D eigenvalue weighted by atomic mass is 19.3. The Morgan fingerprint density at radius 2 is 2.00 bits per heavy atom. The Balaban J connectivity index is 2.92. The zero-order valence-electron chi connectivity index (χ0n) is 9.17. The van der Waals surface area contributed by atoms with E-state index in [1.165, 1.54) is 0 Å². The van der Waals surface area contributed by atoms with E-state index in [1.54, 1.807) is 0 Å². The predicted molar refractivity (Wildman–Crippen MR) is 54.2 cm³/mol. The maximum atomic E-state index is 13.2. The molecule has 0 aliphatic rings. The lowest BCUT2D eigenvalue weighted by Gasteiger charge is -2.17. The van der Waals surface area contributed by atoms with Gasteiger partial charge in [-0.05, 0) is 6.07 Å². The number of nitrogen functional groups attached to an aromatic ring is 1. The number of halogens is 5. The van der Waals surface area contributed by atoms with E-state index in [1.807, 2.05) is 0 Å². The highest BCUT2D eigenvalue weighted by Crippen LogP contribution is 2.29. The quantitative estimate of drug-likeness (QED) is 0.643. The van der Waals surface area contributed by atoms with Crippen LogP contribution < -0.4 is 10.5 Å². The average molecular weight is 285 g/mol. The number of carbonyl (C=O) groups is 1. The highest BCUT2D eigenvalue weighted by Gasteiger charge is 2.41. The van der Waals surface area contributed by atoms with Gasteiger partial charge >= 0.3 is 18.3 Å². The van der Waals surface area contributed by atoms with Crippen molar-refractivity contribution in [3.63, 3.8) is 0 Å². The molecule has 1 aromatic carbocycles. The van der Waals surface area contributed by atoms with Crippen LogP contribution in [-0.4, -0.2) is 30.0 Å². The Hall–Kier alpha value is -2.06. The van der Waals surface area contributed by atoms with Crippen LogP contribution in [0.1, 0.15) is 10.4 Å². The number of nitrogens with two attached hydrogens (primary N) is 1. The van der Waals surface area contributed by atoms with E-state index in [0.29, 0.717) is 12.1 Å². The lowest BCUT2D eigenvalue weighted by molar-refractivity contribution is -0.148. The van der Waals surface area contributed by atoms with E-state index in [-0.39, 0.29) is 0 Å². The predicted octanol–water partition coefficient (Wildman–Crippen LogP) is 2.39. The van der Waals surface area contributed by atoms with Crippen molar-refractivity contribution in [3.05, 3.63) is 23.5 Å². The van der Waals surface area contributed by atoms with E-state index in [0.717, 1.165) is 0 Å². The third-order valence-corrected chi connectivity index (χ3v) is 2.07. The fourth-order valence-corrected chi connectivity index (χ4v) is 1.10. The molecule has 0 saturated heterocycles. The largest absolute Gasteiger partial charge is 0.485 e. The molecule has 0 atom stereocenters. The van der Waals surface area contributed by atoms with Gasteiger partial charge < -0.3 is 15.6 Å². The minimum Gasteiger partial charge on any atom is -0.485 e. The minimum absolute atomic E-state index is 0.445. The van der Waals surface area contributed by atoms with Crippen LogP contribution in [0.3, 0.4) is 0 Å². The van der Waals surface area contributed by atoms with E-state index in [9.17, 15) is 26.7 Å². The lowest BCUT2D eigenvalue weighted by Crippen LogP contribution is -2.33. The topological polar surface area (TPSA) is 72.6 Å². The third-order valence-electron chi connectivity index (χ3n) is 2.07. The first-order valence-corrected chi connectivity index (χ1v) is 4.76. The van der Waals surface area contributed by atoms with Gasteiger partial charge in [-0.2, -0.15) is 8.78 Å². The van der Waals surface area contributed by atoms with E-state index in [2.05, 4.69) is 4.74 Å². The number of anilines is 1. The molecular formula is C10H8F5NO3. The maximum absolute atomic E-state index is 13.2. The summed E-state index contributed by atoms with van der Waals surface area (Å²) in [6.07, 6.45) is -3.95. The normalized spacial score (nSPS) is 11.7. The van der Waals surface area contributed by atoms with Gasteiger partial charge in [-0.1, -0.05) is 0 Å². The van der Waals surface area contributed by atoms with Crippen molar-refractivity contribution in [1.82, 2.24) is 0 Å². The molecule has 106 valence electrons. The number of rotatable bonds is 5. The first-order valence-electron chi connectivity index (χ1n) is 4.76. The number of benzene rings is 1. The van der Waals surface area contributed by atoms with Crippen molar-refractivity contribution in [1.29, 1.82) is 0 Å². The summed E-state index contributed by atoms with van der Waals surface area (Å²) in [7, 11) is 0. The second-order valence-corrected chi connectivity index (χ2v) is 3.53. The average Bonchev–Trinajstić information content (AvgIpc) is 2.29. The maximum Gasteiger partial charge on any atom is 0.340 e. The molecule has 0 amide bonds. The summed E-state index contributed by atoms with van der Waals surface area (Å²) in [6.45, 7) is -1.71. The molecule has 0 unspecified atom stereocenters. The van der Waals surface area contributed by atoms with E-state index >= 15 is 0 Å². The molecule has 9 heteroatoms. The van der Waals surface area contributed by atoms with Crippen LogP contribution in [0.25, 0.3) is 0 Å². The van der Waals surface area contributed by atoms with Gasteiger partial charge in [0.25, 0.3) is 0 Å². The monoisotopic (exact) mass is 285 g/mol. The molecule has 3 N–H and O–H groups in total. The summed E-state index contributed by atoms with van der Waals surface area (Å²) < 4.78 is 66.3. The van der Waals surface area contributed by atoms with E-state index < -0.39 is 47.7 Å². The van der Waals surface area contributed by atoms with Crippen LogP contribution in [0.15, 0.2) is 12.1 Å². The first kappa shape index (κ1) is 15.0. The molecule has 0 fully saturated rings. The summed E-state index contributed by atoms with van der Waals surface area (Å²) in [6, 6.07) is 1.09. The fourth-order valence-electron chi connectivity index (χ4n) is 1.10. The number of ether oxygens (including phenoxy) is 1. The molecular weight excluding hydrogens is 277 g/mol. The van der Waals surface area contributed by atoms with Crippen molar-refractivity contribution >= 4 is 11.7 Å². The smallest absolute Gasteiger partial charge is 0.340 e. The van der Waals surface area contributed by atoms with Gasteiger partial charge in [0.15, 0.2) is 6.61 Å². The van der Waals surface area contributed by atoms with Crippen LogP contribution >= 0.6 is 0 Å². The minimum atomic E-state index is -4.42. The molecule has 0 bridgehead atoms. The summed E-state index contributed by atoms with van der Waals surface area (Å²) in [5.74, 6) is -7.96. The first-order chi connectivity index (χ1) is 8.65. The fraction of sp³-hybridized carbons (Fsp3) is 0.300. The van der Waals surface area contributed by atoms with Crippen molar-refractivity contribution in [2.75, 3.05) is 12.3 Å². The van der Waals surface area contributed by atoms with Crippen LogP contribution in [0.5, 0.6) is 5.75 Å². The summed E-state index contributed by atoms with van der Waals surface area (Å²) in [4.78, 5) is 10.5. The van der Waals surface area contributed by atoms with Crippen LogP contribution in [0.4, 0.5) is 27.6 Å². The number of aromatic carboxylic acids is 1. The molecule has 1 aromatic rings. The second-order valence-electron chi connectivity index (χ2n) is 3.53. The second kappa shape index (κ2) is 5.29. The van der Waals surface area contributed by atoms with Crippen LogP contribution in [0, 0.1) is 5.82 Å². The molecule has 19 heavy (non-hydrogen) atoms. The summed E-state index contributed by atoms with van der Waals surface area (Å²) >= 11 is 0. The third kappa shape index (κ3) is 3.46. The molecule has 0 heterocycles. The van der Waals surface area contributed by atoms with Crippen molar-refractivity contribution < 1.29 is 36.6 Å². The Morgan fingerprint density at radius 3 is 2.47 bits per heavy atom. The molecule has 4 nitrogen and oxygen atoms in total. The SMILES string of the molecule is Nc1cc(C(=O)O)c(F)cc1OCC(F)(F)C(F)F. The zero-order chi connectivity index (χ0) is 14.8. The number of alkyl halides is 4. The van der Waals surface area contributed by atoms with E-state index in [4.69, 9.17) is 10.8 Å². The Labute approximate surface area is 103 Å². The van der Waals surface area contributed by atoms with Gasteiger partial charge in [0.1, 0.15) is 11.6 Å². The number of hydrogen-bond acceptors (Lipinski definition) is 3. The molecule has 0 aliphatic carbocycles. The lowest BCUT2D eigenvalue weighted by atomic mass is 10.2. The standard InChI is InChI=1S/C10H8F5NO3/c11-5-2-7(6(16)1-4(5)8(17)18)19-3-10(14,15)9(12)13/h1-2,9H,3,16H2,(H,17,18). The van der Waals surface area contributed by atoms with Gasteiger partial charge in [-0.15, -0.1) is 0 Å². The zero-order valence-corrected chi connectivity index (χ0v) is 9.17. The van der Waals surface area contributed by atoms with Crippen LogP contribution in [-0.2, 0) is 0 Å². The van der Waals surface area contributed by atoms with Crippen molar-refractivity contribution in [2.24, 2.45) is 0 Å². The summed E-state index contributed by atoms with van der Waals surface area (Å²) in [5.41, 5.74) is 4.00. The van der Waals surface area contributed by atoms with Gasteiger partial charge in [0.05, 0.1) is 11.3 Å². The van der Waals surface area contributed by atoms with Gasteiger partial charge in [-0.3, -0.25) is 0 Å². The number of hydrogen-bond donors (Lipinski definition) is 2. The highest BCUT2D eigenvalue weighted by molar-refractivity contribution is 5.89. The molecule has 0 aromatic heterocycles. The van der Waals surface area contributed by atoms with Gasteiger partial charge in [0.2, 0.25) is 0 Å². The molecule has 0 aliphatic heterocycles. The Bertz CT molecular complexity index is 492. The molecule has 1 rings (SSSR count). The molecule has 0 spiro atoms. The van der Waals surface area contributed by atoms with Crippen molar-refractivity contribution in [2.45, 2.75) is 12.3 Å². The summed E-state index contributed by atoms with van der Waals surface area (Å²) in [5, 5.41) is 8.56. The Morgan fingerprint density at radius 1 is 1.42 bits per heavy atom. The van der Waals surface area contributed by atoms with Gasteiger partial charge in [-0.25, -0.2) is 18.0 Å².